The molecule has 2 bridgehead atoms. The summed E-state index contributed by atoms with van der Waals surface area (Å²) in [4.78, 5) is 1.39. The van der Waals surface area contributed by atoms with Crippen LogP contribution in [0.1, 0.15) is 17.4 Å². The van der Waals surface area contributed by atoms with Crippen molar-refractivity contribution in [3.63, 3.8) is 0 Å². The Morgan fingerprint density at radius 3 is 2.53 bits per heavy atom. The van der Waals surface area contributed by atoms with E-state index in [4.69, 9.17) is 0 Å². The van der Waals surface area contributed by atoms with Crippen molar-refractivity contribution in [2.45, 2.75) is 6.92 Å². The van der Waals surface area contributed by atoms with Crippen LogP contribution in [-0.4, -0.2) is 0 Å². The normalized spacial score (nSPS) is 20.6. The van der Waals surface area contributed by atoms with Gasteiger partial charge in [0.25, 0.3) is 0 Å². The van der Waals surface area contributed by atoms with Crippen LogP contribution in [0, 0.1) is 5.92 Å². The van der Waals surface area contributed by atoms with Gasteiger partial charge in [-0.2, -0.15) is 0 Å². The summed E-state index contributed by atoms with van der Waals surface area (Å²) in [6, 6.07) is 8.69. The monoisotopic (exact) mass is 262 g/mol. The smallest absolute Gasteiger partial charge is 0.0358 e. The lowest BCUT2D eigenvalue weighted by atomic mass is 9.94. The lowest BCUT2D eigenvalue weighted by molar-refractivity contribution is 0.866. The van der Waals surface area contributed by atoms with E-state index in [2.05, 4.69) is 67.6 Å². The van der Waals surface area contributed by atoms with Crippen molar-refractivity contribution in [3.05, 3.63) is 70.2 Å². The molecule has 1 unspecified atom stereocenters. The molecule has 2 aliphatic carbocycles. The van der Waals surface area contributed by atoms with Crippen molar-refractivity contribution in [2.24, 2.45) is 5.92 Å². The second-order valence-electron chi connectivity index (χ2n) is 5.10. The number of benzene rings is 1. The van der Waals surface area contributed by atoms with E-state index in [-0.39, 0.29) is 0 Å². The molecule has 1 heterocycles. The number of allylic oxidation sites excluding steroid dienone is 6. The van der Waals surface area contributed by atoms with Crippen molar-refractivity contribution in [1.29, 1.82) is 0 Å². The molecule has 0 saturated heterocycles. The van der Waals surface area contributed by atoms with Gasteiger partial charge in [0.2, 0.25) is 0 Å². The van der Waals surface area contributed by atoms with Crippen LogP contribution >= 0.6 is 11.3 Å². The molecule has 1 aromatic heterocycles. The van der Waals surface area contributed by atoms with Gasteiger partial charge in [-0.15, -0.1) is 11.3 Å². The Bertz CT molecular complexity index is 781. The summed E-state index contributed by atoms with van der Waals surface area (Å²) in [5, 5.41) is 1.38. The first kappa shape index (κ1) is 11.0. The Labute approximate surface area is 117 Å². The molecule has 92 valence electrons. The van der Waals surface area contributed by atoms with Gasteiger partial charge in [0, 0.05) is 26.4 Å². The third-order valence-electron chi connectivity index (χ3n) is 3.96. The van der Waals surface area contributed by atoms with Crippen molar-refractivity contribution in [1.82, 2.24) is 0 Å². The number of hydrogen-bond donors (Lipinski definition) is 0. The van der Waals surface area contributed by atoms with Gasteiger partial charge in [-0.3, -0.25) is 0 Å². The van der Waals surface area contributed by atoms with Gasteiger partial charge in [-0.05, 0) is 29.4 Å². The highest BCUT2D eigenvalue weighted by Gasteiger charge is 2.19. The first-order chi connectivity index (χ1) is 9.33. The summed E-state index contributed by atoms with van der Waals surface area (Å²) >= 11 is 1.89. The zero-order valence-electron chi connectivity index (χ0n) is 10.8. The minimum Gasteiger partial charge on any atom is -0.135 e. The third kappa shape index (κ3) is 1.66. The number of thiophene rings is 1. The zero-order valence-corrected chi connectivity index (χ0v) is 11.6. The standard InChI is InChI=1S/C18H14S/c1-12-13-6-2-3-7-14(12)11-18-16(10-13)15-8-4-5-9-17(15)19-18/h2-12H,1H3. The summed E-state index contributed by atoms with van der Waals surface area (Å²) in [6.07, 6.45) is 13.5. The number of fused-ring (bicyclic) bond motifs is 5. The summed E-state index contributed by atoms with van der Waals surface area (Å²) in [6.45, 7) is 2.29. The maximum Gasteiger partial charge on any atom is 0.0358 e. The van der Waals surface area contributed by atoms with Gasteiger partial charge in [-0.25, -0.2) is 0 Å². The van der Waals surface area contributed by atoms with Gasteiger partial charge in [0.15, 0.2) is 0 Å². The van der Waals surface area contributed by atoms with Crippen LogP contribution in [0.4, 0.5) is 0 Å². The quantitative estimate of drug-likeness (QED) is 0.592. The molecule has 1 atom stereocenters. The first-order valence-electron chi connectivity index (χ1n) is 6.62. The number of hydrogen-bond acceptors (Lipinski definition) is 1. The molecule has 4 rings (SSSR count). The molecule has 19 heavy (non-hydrogen) atoms. The Balaban J connectivity index is 2.09. The average molecular weight is 262 g/mol. The third-order valence-corrected chi connectivity index (χ3v) is 5.09. The fraction of sp³-hybridized carbons (Fsp3) is 0.111. The van der Waals surface area contributed by atoms with E-state index in [9.17, 15) is 0 Å². The van der Waals surface area contributed by atoms with Crippen LogP contribution in [-0.2, 0) is 0 Å². The molecule has 0 amide bonds. The second kappa shape index (κ2) is 4.07. The molecule has 0 radical (unpaired) electrons. The van der Waals surface area contributed by atoms with Gasteiger partial charge in [-0.1, -0.05) is 49.4 Å². The van der Waals surface area contributed by atoms with Crippen molar-refractivity contribution >= 4 is 33.6 Å². The lowest BCUT2D eigenvalue weighted by Crippen LogP contribution is -1.97. The second-order valence-corrected chi connectivity index (χ2v) is 6.19. The summed E-state index contributed by atoms with van der Waals surface area (Å²) in [7, 11) is 0. The largest absolute Gasteiger partial charge is 0.135 e. The SMILES string of the molecule is CC1C2=Cc3sc4ccccc4c3C=C1C=CC=C2. The van der Waals surface area contributed by atoms with E-state index >= 15 is 0 Å². The molecule has 2 aromatic rings. The van der Waals surface area contributed by atoms with Gasteiger partial charge < -0.3 is 0 Å². The summed E-state index contributed by atoms with van der Waals surface area (Å²) in [5.74, 6) is 0.480. The van der Waals surface area contributed by atoms with Gasteiger partial charge in [0.05, 0.1) is 0 Å². The molecule has 0 spiro atoms. The maximum atomic E-state index is 2.37. The van der Waals surface area contributed by atoms with Crippen molar-refractivity contribution < 1.29 is 0 Å². The highest BCUT2D eigenvalue weighted by molar-refractivity contribution is 7.20. The molecular weight excluding hydrogens is 248 g/mol. The van der Waals surface area contributed by atoms with E-state index < -0.39 is 0 Å². The molecule has 0 nitrogen and oxygen atoms in total. The maximum absolute atomic E-state index is 2.37. The predicted molar refractivity (Wildman–Crippen MR) is 85.2 cm³/mol. The highest BCUT2D eigenvalue weighted by Crippen LogP contribution is 2.40. The van der Waals surface area contributed by atoms with E-state index in [0.717, 1.165) is 0 Å². The van der Waals surface area contributed by atoms with Crippen LogP contribution in [0.25, 0.3) is 22.2 Å². The fourth-order valence-corrected chi connectivity index (χ4v) is 3.96. The van der Waals surface area contributed by atoms with Crippen LogP contribution in [0.2, 0.25) is 0 Å². The average Bonchev–Trinajstić information content (AvgIpc) is 2.61. The van der Waals surface area contributed by atoms with Gasteiger partial charge in [0.1, 0.15) is 0 Å². The molecule has 0 fully saturated rings. The minimum atomic E-state index is 0.480. The molecule has 2 aliphatic rings. The molecule has 1 heteroatoms. The highest BCUT2D eigenvalue weighted by atomic mass is 32.1. The van der Waals surface area contributed by atoms with Crippen LogP contribution in [0.5, 0.6) is 0 Å². The van der Waals surface area contributed by atoms with E-state index in [1.807, 2.05) is 11.3 Å². The Hall–Kier alpha value is -1.86. The fourth-order valence-electron chi connectivity index (χ4n) is 2.82. The topological polar surface area (TPSA) is 0 Å². The molecule has 0 N–H and O–H groups in total. The van der Waals surface area contributed by atoms with Crippen molar-refractivity contribution in [2.75, 3.05) is 0 Å². The van der Waals surface area contributed by atoms with Crippen LogP contribution in [0.15, 0.2) is 59.7 Å². The van der Waals surface area contributed by atoms with E-state index in [1.54, 1.807) is 0 Å². The lowest BCUT2D eigenvalue weighted by Gasteiger charge is -2.11. The zero-order chi connectivity index (χ0) is 12.8. The van der Waals surface area contributed by atoms with E-state index in [1.165, 1.54) is 31.7 Å². The predicted octanol–water partition coefficient (Wildman–Crippen LogP) is 5.44. The van der Waals surface area contributed by atoms with Crippen LogP contribution < -0.4 is 0 Å². The minimum absolute atomic E-state index is 0.480. The molecule has 0 aliphatic heterocycles. The molecule has 1 aromatic carbocycles. The summed E-state index contributed by atoms with van der Waals surface area (Å²) in [5.41, 5.74) is 4.19. The Morgan fingerprint density at radius 1 is 0.947 bits per heavy atom. The van der Waals surface area contributed by atoms with Gasteiger partial charge >= 0.3 is 0 Å². The Kier molecular flexibility index (Phi) is 2.36. The first-order valence-corrected chi connectivity index (χ1v) is 7.44. The number of rotatable bonds is 0. The van der Waals surface area contributed by atoms with Crippen molar-refractivity contribution in [3.8, 4) is 0 Å². The Morgan fingerprint density at radius 2 is 1.68 bits per heavy atom. The summed E-state index contributed by atoms with van der Waals surface area (Å²) < 4.78 is 1.38. The van der Waals surface area contributed by atoms with E-state index in [0.29, 0.717) is 5.92 Å². The molecular formula is C18H14S. The van der Waals surface area contributed by atoms with Crippen LogP contribution in [0.3, 0.4) is 0 Å². The molecule has 0 saturated carbocycles.